The molecule has 3 fully saturated rings. The van der Waals surface area contributed by atoms with Crippen LogP contribution < -0.4 is 20.1 Å². The number of amides is 4. The van der Waals surface area contributed by atoms with Gasteiger partial charge in [0.2, 0.25) is 27.7 Å². The van der Waals surface area contributed by atoms with Crippen LogP contribution in [0.1, 0.15) is 74.0 Å². The summed E-state index contributed by atoms with van der Waals surface area (Å²) < 4.78 is 54.1. The number of hydrogen-bond donors (Lipinski definition) is 3. The fourth-order valence-electron chi connectivity index (χ4n) is 7.70. The standard InChI is InChI=1S/C39H41FN6O8S/c1-22-17-32(44-54-22)34(47)41-31-12-6-4-2-3-5-9-23-20-39(23,38(50)45-55(51,52)26-14-15-26)43-35(48)33-19-25(21-46(33)37(31)49)53-36-29-18-24(40)13-16-27(29)28-10-7-8-11-30(28)42-36/h5,7-11,13,16-18,23,25-26,31,33H,2-4,6,12,14-15,19-21H2,1H3,(H,41,47)(H,43,48)(H,45,50). The van der Waals surface area contributed by atoms with Crippen LogP contribution in [0.2, 0.25) is 0 Å². The highest BCUT2D eigenvalue weighted by Crippen LogP contribution is 2.46. The van der Waals surface area contributed by atoms with Crippen molar-refractivity contribution in [3.63, 3.8) is 0 Å². The van der Waals surface area contributed by atoms with Gasteiger partial charge in [-0.15, -0.1) is 0 Å². The molecular weight excluding hydrogens is 732 g/mol. The number of nitrogens with zero attached hydrogens (tertiary/aromatic N) is 3. The minimum atomic E-state index is -3.92. The number of ether oxygens (including phenoxy) is 1. The maximum atomic E-state index is 14.6. The van der Waals surface area contributed by atoms with E-state index < -0.39 is 74.4 Å². The van der Waals surface area contributed by atoms with Gasteiger partial charge in [-0.25, -0.2) is 17.8 Å². The number of fused-ring (bicyclic) bond motifs is 5. The molecule has 4 aromatic rings. The first-order valence-electron chi connectivity index (χ1n) is 18.7. The predicted molar refractivity (Wildman–Crippen MR) is 198 cm³/mol. The fourth-order valence-corrected chi connectivity index (χ4v) is 9.06. The van der Waals surface area contributed by atoms with E-state index >= 15 is 0 Å². The Morgan fingerprint density at radius 3 is 2.64 bits per heavy atom. The number of nitrogens with one attached hydrogen (secondary N) is 3. The van der Waals surface area contributed by atoms with Gasteiger partial charge in [-0.3, -0.25) is 23.9 Å². The number of sulfonamides is 1. The molecule has 4 heterocycles. The first-order valence-corrected chi connectivity index (χ1v) is 20.2. The summed E-state index contributed by atoms with van der Waals surface area (Å²) >= 11 is 0. The zero-order chi connectivity index (χ0) is 38.5. The van der Waals surface area contributed by atoms with E-state index in [1.54, 1.807) is 19.1 Å². The number of halogens is 1. The molecule has 1 saturated heterocycles. The molecule has 4 amide bonds. The molecule has 8 rings (SSSR count). The van der Waals surface area contributed by atoms with Crippen LogP contribution in [-0.2, 0) is 24.4 Å². The van der Waals surface area contributed by atoms with Crippen molar-refractivity contribution in [2.45, 2.75) is 93.7 Å². The third-order valence-corrected chi connectivity index (χ3v) is 12.7. The Bertz CT molecular complexity index is 2340. The number of carbonyl (C=O) groups excluding carboxylic acids is 4. The van der Waals surface area contributed by atoms with Crippen LogP contribution >= 0.6 is 0 Å². The van der Waals surface area contributed by atoms with E-state index in [0.29, 0.717) is 47.7 Å². The number of rotatable bonds is 7. The molecule has 55 heavy (non-hydrogen) atoms. The van der Waals surface area contributed by atoms with Gasteiger partial charge in [0.15, 0.2) is 5.69 Å². The average molecular weight is 773 g/mol. The molecule has 2 aliphatic carbocycles. The minimum absolute atomic E-state index is 0.00128. The summed E-state index contributed by atoms with van der Waals surface area (Å²) in [7, 11) is -3.92. The van der Waals surface area contributed by atoms with Gasteiger partial charge in [0.05, 0.1) is 17.3 Å². The molecule has 16 heteroatoms. The molecule has 0 bridgehead atoms. The van der Waals surface area contributed by atoms with Crippen molar-refractivity contribution < 1.29 is 41.2 Å². The molecule has 2 aromatic carbocycles. The molecule has 288 valence electrons. The number of carbonyl (C=O) groups is 4. The summed E-state index contributed by atoms with van der Waals surface area (Å²) in [6.07, 6.45) is 7.00. The molecular formula is C39H41FN6O8S. The van der Waals surface area contributed by atoms with Crippen LogP contribution in [0, 0.1) is 18.7 Å². The van der Waals surface area contributed by atoms with E-state index in [0.717, 1.165) is 18.2 Å². The Balaban J connectivity index is 1.13. The van der Waals surface area contributed by atoms with E-state index in [4.69, 9.17) is 14.2 Å². The van der Waals surface area contributed by atoms with Crippen LogP contribution in [0.4, 0.5) is 4.39 Å². The van der Waals surface area contributed by atoms with Crippen LogP contribution in [0.3, 0.4) is 0 Å². The second kappa shape index (κ2) is 14.4. The third-order valence-electron chi connectivity index (χ3n) is 10.9. The van der Waals surface area contributed by atoms with Crippen molar-refractivity contribution in [3.05, 3.63) is 78.0 Å². The van der Waals surface area contributed by atoms with Gasteiger partial charge in [-0.05, 0) is 69.0 Å². The highest BCUT2D eigenvalue weighted by molar-refractivity contribution is 7.91. The molecule has 0 spiro atoms. The lowest BCUT2D eigenvalue weighted by Gasteiger charge is -2.29. The first-order chi connectivity index (χ1) is 26.4. The first kappa shape index (κ1) is 36.6. The maximum Gasteiger partial charge on any atom is 0.274 e. The van der Waals surface area contributed by atoms with Crippen molar-refractivity contribution in [3.8, 4) is 5.88 Å². The van der Waals surface area contributed by atoms with Crippen molar-refractivity contribution in [2.75, 3.05) is 6.54 Å². The molecule has 14 nitrogen and oxygen atoms in total. The maximum absolute atomic E-state index is 14.6. The largest absolute Gasteiger partial charge is 0.472 e. The van der Waals surface area contributed by atoms with E-state index in [1.165, 1.54) is 23.1 Å². The lowest BCUT2D eigenvalue weighted by atomic mass is 10.0. The number of pyridine rings is 1. The molecule has 3 N–H and O–H groups in total. The zero-order valence-electron chi connectivity index (χ0n) is 30.1. The topological polar surface area (TPSA) is 190 Å². The number of allylic oxidation sites excluding steroid dienone is 1. The normalized spacial score (nSPS) is 26.0. The number of hydrogen-bond acceptors (Lipinski definition) is 10. The van der Waals surface area contributed by atoms with E-state index in [1.807, 2.05) is 30.4 Å². The van der Waals surface area contributed by atoms with Gasteiger partial charge < -0.3 is 24.8 Å². The predicted octanol–water partition coefficient (Wildman–Crippen LogP) is 3.97. The molecule has 5 unspecified atom stereocenters. The number of benzene rings is 2. The van der Waals surface area contributed by atoms with E-state index in [-0.39, 0.29) is 37.4 Å². The molecule has 0 radical (unpaired) electrons. The van der Waals surface area contributed by atoms with Gasteiger partial charge in [0.1, 0.15) is 35.3 Å². The van der Waals surface area contributed by atoms with Crippen LogP contribution in [-0.4, -0.2) is 82.6 Å². The Labute approximate surface area is 316 Å². The number of aromatic nitrogens is 2. The van der Waals surface area contributed by atoms with Gasteiger partial charge >= 0.3 is 0 Å². The lowest BCUT2D eigenvalue weighted by Crippen LogP contribution is -2.58. The average Bonchev–Trinajstić information content (AvgIpc) is 4.05. The SMILES string of the molecule is Cc1cc(C(=O)NC2CCCCCC=CC3CC3(C(=O)NS(=O)(=O)C3CC3)NC(=O)C3CC(Oc4nc5ccccc5c5ccc(F)cc45)CN3C2=O)no1. The second-order valence-electron chi connectivity index (χ2n) is 15.0. The summed E-state index contributed by atoms with van der Waals surface area (Å²) in [6.45, 7) is 1.54. The van der Waals surface area contributed by atoms with Crippen molar-refractivity contribution in [1.82, 2.24) is 30.4 Å². The zero-order valence-corrected chi connectivity index (χ0v) is 30.9. The number of aryl methyl sites for hydroxylation is 1. The minimum Gasteiger partial charge on any atom is -0.472 e. The molecule has 2 aliphatic heterocycles. The van der Waals surface area contributed by atoms with Gasteiger partial charge in [0.25, 0.3) is 11.8 Å². The van der Waals surface area contributed by atoms with Crippen LogP contribution in [0.5, 0.6) is 5.88 Å². The monoisotopic (exact) mass is 772 g/mol. The van der Waals surface area contributed by atoms with Crippen molar-refractivity contribution in [2.24, 2.45) is 5.92 Å². The van der Waals surface area contributed by atoms with Gasteiger partial charge in [0, 0.05) is 29.2 Å². The second-order valence-corrected chi connectivity index (χ2v) is 16.9. The summed E-state index contributed by atoms with van der Waals surface area (Å²) in [6, 6.07) is 10.9. The van der Waals surface area contributed by atoms with Crippen LogP contribution in [0.25, 0.3) is 21.7 Å². The number of para-hydroxylation sites is 1. The van der Waals surface area contributed by atoms with E-state index in [9.17, 15) is 32.0 Å². The Hall–Kier alpha value is -5.38. The highest BCUT2D eigenvalue weighted by atomic mass is 32.2. The molecule has 2 saturated carbocycles. The Kier molecular flexibility index (Phi) is 9.55. The van der Waals surface area contributed by atoms with Crippen molar-refractivity contribution in [1.29, 1.82) is 0 Å². The third kappa shape index (κ3) is 7.39. The molecule has 5 atom stereocenters. The quantitative estimate of drug-likeness (QED) is 0.183. The van der Waals surface area contributed by atoms with Gasteiger partial charge in [-0.1, -0.05) is 54.4 Å². The lowest BCUT2D eigenvalue weighted by molar-refractivity contribution is -0.141. The van der Waals surface area contributed by atoms with Crippen molar-refractivity contribution >= 4 is 55.3 Å². The highest BCUT2D eigenvalue weighted by Gasteiger charge is 2.62. The summed E-state index contributed by atoms with van der Waals surface area (Å²) in [5.41, 5.74) is -0.945. The summed E-state index contributed by atoms with van der Waals surface area (Å²) in [5.74, 6) is -3.09. The molecule has 2 aromatic heterocycles. The Morgan fingerprint density at radius 2 is 1.85 bits per heavy atom. The fraction of sp³-hybridized carbons (Fsp3) is 0.436. The van der Waals surface area contributed by atoms with Crippen LogP contribution in [0.15, 0.2) is 65.2 Å². The van der Waals surface area contributed by atoms with Gasteiger partial charge in [-0.2, -0.15) is 0 Å². The molecule has 4 aliphatic rings. The summed E-state index contributed by atoms with van der Waals surface area (Å²) in [5, 5.41) is 10.7. The summed E-state index contributed by atoms with van der Waals surface area (Å²) in [4.78, 5) is 62.1. The Morgan fingerprint density at radius 1 is 1.04 bits per heavy atom. The smallest absolute Gasteiger partial charge is 0.274 e. The van der Waals surface area contributed by atoms with E-state index in [2.05, 4.69) is 20.5 Å².